The summed E-state index contributed by atoms with van der Waals surface area (Å²) in [5.74, 6) is -0.0994. The fourth-order valence-corrected chi connectivity index (χ4v) is 0.814. The van der Waals surface area contributed by atoms with Gasteiger partial charge in [-0.15, -0.1) is 0 Å². The third kappa shape index (κ3) is 5.96. The first-order valence-corrected chi connectivity index (χ1v) is 4.52. The van der Waals surface area contributed by atoms with Gasteiger partial charge in [0, 0.05) is 6.42 Å². The number of rotatable bonds is 5. The SMILES string of the molecule is CCOC(=O)CC/C=C(/C)CC. The Kier molecular flexibility index (Phi) is 6.44. The van der Waals surface area contributed by atoms with E-state index >= 15 is 0 Å². The van der Waals surface area contributed by atoms with Gasteiger partial charge in [-0.2, -0.15) is 0 Å². The third-order valence-electron chi connectivity index (χ3n) is 1.70. The molecule has 0 saturated heterocycles. The predicted octanol–water partition coefficient (Wildman–Crippen LogP) is 2.69. The second-order valence-electron chi connectivity index (χ2n) is 2.75. The lowest BCUT2D eigenvalue weighted by Crippen LogP contribution is -2.02. The van der Waals surface area contributed by atoms with E-state index in [1.54, 1.807) is 0 Å². The van der Waals surface area contributed by atoms with Crippen molar-refractivity contribution in [1.82, 2.24) is 0 Å². The van der Waals surface area contributed by atoms with E-state index in [1.165, 1.54) is 5.57 Å². The lowest BCUT2D eigenvalue weighted by molar-refractivity contribution is -0.142. The summed E-state index contributed by atoms with van der Waals surface area (Å²) in [4.78, 5) is 10.9. The fourth-order valence-electron chi connectivity index (χ4n) is 0.814. The van der Waals surface area contributed by atoms with Gasteiger partial charge in [-0.05, 0) is 26.7 Å². The molecular weight excluding hydrogens is 152 g/mol. The van der Waals surface area contributed by atoms with Crippen molar-refractivity contribution >= 4 is 5.97 Å². The monoisotopic (exact) mass is 170 g/mol. The summed E-state index contributed by atoms with van der Waals surface area (Å²) in [5, 5.41) is 0. The van der Waals surface area contributed by atoms with Crippen LogP contribution in [-0.4, -0.2) is 12.6 Å². The third-order valence-corrected chi connectivity index (χ3v) is 1.70. The number of esters is 1. The Morgan fingerprint density at radius 3 is 2.58 bits per heavy atom. The largest absolute Gasteiger partial charge is 0.466 e. The molecule has 0 unspecified atom stereocenters. The maximum absolute atomic E-state index is 10.9. The van der Waals surface area contributed by atoms with Crippen molar-refractivity contribution in [1.29, 1.82) is 0 Å². The van der Waals surface area contributed by atoms with Crippen LogP contribution in [0.1, 0.15) is 40.0 Å². The Morgan fingerprint density at radius 1 is 1.42 bits per heavy atom. The standard InChI is InChI=1S/C10H18O2/c1-4-9(3)7-6-8-10(11)12-5-2/h7H,4-6,8H2,1-3H3/b9-7-. The number of hydrogen-bond donors (Lipinski definition) is 0. The van der Waals surface area contributed by atoms with Crippen LogP contribution in [0.15, 0.2) is 11.6 Å². The van der Waals surface area contributed by atoms with E-state index in [1.807, 2.05) is 6.92 Å². The minimum absolute atomic E-state index is 0.0994. The Hall–Kier alpha value is -0.790. The lowest BCUT2D eigenvalue weighted by Gasteiger charge is -1.99. The van der Waals surface area contributed by atoms with Crippen LogP contribution in [0.4, 0.5) is 0 Å². The van der Waals surface area contributed by atoms with Crippen molar-refractivity contribution in [2.45, 2.75) is 40.0 Å². The highest BCUT2D eigenvalue weighted by molar-refractivity contribution is 5.69. The summed E-state index contributed by atoms with van der Waals surface area (Å²) in [5.41, 5.74) is 1.33. The van der Waals surface area contributed by atoms with Crippen LogP contribution < -0.4 is 0 Å². The zero-order chi connectivity index (χ0) is 9.40. The van der Waals surface area contributed by atoms with Crippen molar-refractivity contribution in [3.8, 4) is 0 Å². The highest BCUT2D eigenvalue weighted by Gasteiger charge is 1.98. The van der Waals surface area contributed by atoms with E-state index in [2.05, 4.69) is 19.9 Å². The average Bonchev–Trinajstić information content (AvgIpc) is 2.04. The molecule has 2 nitrogen and oxygen atoms in total. The second kappa shape index (κ2) is 6.89. The smallest absolute Gasteiger partial charge is 0.306 e. The Morgan fingerprint density at radius 2 is 2.08 bits per heavy atom. The van der Waals surface area contributed by atoms with E-state index in [0.29, 0.717) is 13.0 Å². The molecule has 0 bridgehead atoms. The van der Waals surface area contributed by atoms with Crippen LogP contribution in [0.3, 0.4) is 0 Å². The number of ether oxygens (including phenoxy) is 1. The summed E-state index contributed by atoms with van der Waals surface area (Å²) < 4.78 is 4.79. The maximum atomic E-state index is 10.9. The molecule has 0 heterocycles. The van der Waals surface area contributed by atoms with Crippen molar-refractivity contribution in [2.24, 2.45) is 0 Å². The zero-order valence-corrected chi connectivity index (χ0v) is 8.22. The van der Waals surface area contributed by atoms with Gasteiger partial charge in [-0.25, -0.2) is 0 Å². The molecule has 0 aromatic carbocycles. The lowest BCUT2D eigenvalue weighted by atomic mass is 10.2. The molecule has 0 aromatic heterocycles. The highest BCUT2D eigenvalue weighted by Crippen LogP contribution is 2.02. The summed E-state index contributed by atoms with van der Waals surface area (Å²) in [6.07, 6.45) is 4.46. The molecule has 0 spiro atoms. The van der Waals surface area contributed by atoms with Crippen LogP contribution >= 0.6 is 0 Å². The predicted molar refractivity (Wildman–Crippen MR) is 49.9 cm³/mol. The molecule has 0 radical (unpaired) electrons. The molecule has 0 rings (SSSR count). The van der Waals surface area contributed by atoms with E-state index in [0.717, 1.165) is 12.8 Å². The minimum Gasteiger partial charge on any atom is -0.466 e. The molecule has 12 heavy (non-hydrogen) atoms. The first kappa shape index (κ1) is 11.2. The van der Waals surface area contributed by atoms with E-state index < -0.39 is 0 Å². The number of carbonyl (C=O) groups excluding carboxylic acids is 1. The second-order valence-corrected chi connectivity index (χ2v) is 2.75. The van der Waals surface area contributed by atoms with E-state index in [9.17, 15) is 4.79 Å². The molecule has 0 aromatic rings. The maximum Gasteiger partial charge on any atom is 0.306 e. The van der Waals surface area contributed by atoms with Crippen LogP contribution in [-0.2, 0) is 9.53 Å². The topological polar surface area (TPSA) is 26.3 Å². The highest BCUT2D eigenvalue weighted by atomic mass is 16.5. The van der Waals surface area contributed by atoms with Gasteiger partial charge in [0.25, 0.3) is 0 Å². The average molecular weight is 170 g/mol. The Bertz CT molecular complexity index is 159. The van der Waals surface area contributed by atoms with Gasteiger partial charge in [0.2, 0.25) is 0 Å². The van der Waals surface area contributed by atoms with Gasteiger partial charge >= 0.3 is 5.97 Å². The van der Waals surface area contributed by atoms with Gasteiger partial charge in [0.05, 0.1) is 6.61 Å². The summed E-state index contributed by atoms with van der Waals surface area (Å²) in [6, 6.07) is 0. The van der Waals surface area contributed by atoms with Gasteiger partial charge < -0.3 is 4.74 Å². The van der Waals surface area contributed by atoms with Crippen molar-refractivity contribution in [3.05, 3.63) is 11.6 Å². The van der Waals surface area contributed by atoms with E-state index in [4.69, 9.17) is 4.74 Å². The molecule has 0 aliphatic heterocycles. The van der Waals surface area contributed by atoms with Gasteiger partial charge in [0.1, 0.15) is 0 Å². The van der Waals surface area contributed by atoms with Crippen LogP contribution in [0.5, 0.6) is 0 Å². The number of hydrogen-bond acceptors (Lipinski definition) is 2. The minimum atomic E-state index is -0.0994. The summed E-state index contributed by atoms with van der Waals surface area (Å²) in [6.45, 7) is 6.49. The fraction of sp³-hybridized carbons (Fsp3) is 0.700. The van der Waals surface area contributed by atoms with Crippen molar-refractivity contribution in [3.63, 3.8) is 0 Å². The molecule has 0 aliphatic carbocycles. The van der Waals surface area contributed by atoms with E-state index in [-0.39, 0.29) is 5.97 Å². The van der Waals surface area contributed by atoms with Crippen molar-refractivity contribution < 1.29 is 9.53 Å². The van der Waals surface area contributed by atoms with Gasteiger partial charge in [-0.1, -0.05) is 18.6 Å². The molecular formula is C10H18O2. The van der Waals surface area contributed by atoms with Crippen LogP contribution in [0.2, 0.25) is 0 Å². The molecule has 70 valence electrons. The summed E-state index contributed by atoms with van der Waals surface area (Å²) >= 11 is 0. The molecule has 0 aliphatic rings. The Balaban J connectivity index is 3.48. The first-order chi connectivity index (χ1) is 5.70. The molecule has 0 saturated carbocycles. The molecule has 0 atom stereocenters. The van der Waals surface area contributed by atoms with Gasteiger partial charge in [0.15, 0.2) is 0 Å². The normalized spacial score (nSPS) is 11.4. The molecule has 0 amide bonds. The van der Waals surface area contributed by atoms with Crippen molar-refractivity contribution in [2.75, 3.05) is 6.61 Å². The molecule has 2 heteroatoms. The molecule has 0 fully saturated rings. The number of allylic oxidation sites excluding steroid dienone is 2. The van der Waals surface area contributed by atoms with Crippen LogP contribution in [0, 0.1) is 0 Å². The summed E-state index contributed by atoms with van der Waals surface area (Å²) in [7, 11) is 0. The Labute approximate surface area is 74.6 Å². The zero-order valence-electron chi connectivity index (χ0n) is 8.22. The molecule has 0 N–H and O–H groups in total. The quantitative estimate of drug-likeness (QED) is 0.468. The van der Waals surface area contributed by atoms with Crippen LogP contribution in [0.25, 0.3) is 0 Å². The van der Waals surface area contributed by atoms with Gasteiger partial charge in [-0.3, -0.25) is 4.79 Å². The first-order valence-electron chi connectivity index (χ1n) is 4.52. The number of carbonyl (C=O) groups is 1.